The van der Waals surface area contributed by atoms with Crippen LogP contribution in [0, 0.1) is 5.92 Å². The van der Waals surface area contributed by atoms with Crippen molar-refractivity contribution < 1.29 is 9.59 Å². The second kappa shape index (κ2) is 6.15. The molecule has 1 amide bonds. The quantitative estimate of drug-likeness (QED) is 0.824. The van der Waals surface area contributed by atoms with Gasteiger partial charge < -0.3 is 5.32 Å². The molecule has 3 nitrogen and oxygen atoms in total. The number of hydrogen-bond donors (Lipinski definition) is 1. The molecule has 1 N–H and O–H groups in total. The van der Waals surface area contributed by atoms with Crippen LogP contribution in [0.25, 0.3) is 6.08 Å². The van der Waals surface area contributed by atoms with Crippen LogP contribution in [0.15, 0.2) is 36.0 Å². The topological polar surface area (TPSA) is 46.2 Å². The summed E-state index contributed by atoms with van der Waals surface area (Å²) in [6.45, 7) is 0. The molecule has 93 valence electrons. The van der Waals surface area contributed by atoms with Crippen LogP contribution in [-0.4, -0.2) is 12.2 Å². The van der Waals surface area contributed by atoms with Gasteiger partial charge in [0.1, 0.15) is 0 Å². The lowest BCUT2D eigenvalue weighted by Gasteiger charge is -2.09. The minimum Gasteiger partial charge on any atom is -0.322 e. The molecule has 3 heteroatoms. The van der Waals surface area contributed by atoms with E-state index in [1.54, 1.807) is 12.4 Å². The summed E-state index contributed by atoms with van der Waals surface area (Å²) in [4.78, 5) is 22.7. The molecular formula is C15H16NO2. The van der Waals surface area contributed by atoms with Gasteiger partial charge in [-0.05, 0) is 24.5 Å². The third kappa shape index (κ3) is 3.29. The zero-order valence-corrected chi connectivity index (χ0v) is 10.2. The largest absolute Gasteiger partial charge is 0.322 e. The van der Waals surface area contributed by atoms with E-state index in [1.165, 1.54) is 0 Å². The Morgan fingerprint density at radius 2 is 1.89 bits per heavy atom. The van der Waals surface area contributed by atoms with Crippen LogP contribution in [0.4, 0.5) is 0 Å². The predicted octanol–water partition coefficient (Wildman–Crippen LogP) is 2.44. The predicted molar refractivity (Wildman–Crippen MR) is 70.2 cm³/mol. The van der Waals surface area contributed by atoms with Gasteiger partial charge in [0.05, 0.1) is 5.70 Å². The molecular weight excluding hydrogens is 226 g/mol. The summed E-state index contributed by atoms with van der Waals surface area (Å²) in [5, 5.41) is 2.66. The molecule has 0 aliphatic heterocycles. The SMILES string of the molecule is O=[C]C(=Cc1ccccc1)NC(=O)C1CCCC1. The van der Waals surface area contributed by atoms with Crippen molar-refractivity contribution in [2.75, 3.05) is 0 Å². The molecule has 1 aliphatic carbocycles. The van der Waals surface area contributed by atoms with Gasteiger partial charge in [-0.1, -0.05) is 43.2 Å². The van der Waals surface area contributed by atoms with E-state index in [-0.39, 0.29) is 17.5 Å². The number of carbonyl (C=O) groups is 1. The molecule has 0 saturated heterocycles. The molecule has 1 fully saturated rings. The number of amides is 1. The molecule has 1 aromatic carbocycles. The Morgan fingerprint density at radius 1 is 1.22 bits per heavy atom. The van der Waals surface area contributed by atoms with Crippen molar-refractivity contribution in [2.24, 2.45) is 5.92 Å². The van der Waals surface area contributed by atoms with Crippen LogP contribution >= 0.6 is 0 Å². The lowest BCUT2D eigenvalue weighted by atomic mass is 10.1. The van der Waals surface area contributed by atoms with E-state index in [0.717, 1.165) is 31.2 Å². The van der Waals surface area contributed by atoms with Crippen LogP contribution in [0.1, 0.15) is 31.2 Å². The Hall–Kier alpha value is -1.90. The standard InChI is InChI=1S/C15H16NO2/c17-11-14(10-12-6-2-1-3-7-12)16-15(18)13-8-4-5-9-13/h1-3,6-7,10,13H,4-5,8-9H2,(H,16,18). The van der Waals surface area contributed by atoms with Gasteiger partial charge in [-0.2, -0.15) is 0 Å². The van der Waals surface area contributed by atoms with Crippen LogP contribution in [0.5, 0.6) is 0 Å². The van der Waals surface area contributed by atoms with E-state index in [4.69, 9.17) is 0 Å². The molecule has 0 unspecified atom stereocenters. The maximum Gasteiger partial charge on any atom is 0.251 e. The van der Waals surface area contributed by atoms with E-state index in [9.17, 15) is 9.59 Å². The molecule has 0 bridgehead atoms. The number of carbonyl (C=O) groups excluding carboxylic acids is 2. The zero-order valence-electron chi connectivity index (χ0n) is 10.2. The van der Waals surface area contributed by atoms with Crippen molar-refractivity contribution in [3.05, 3.63) is 41.6 Å². The normalized spacial score (nSPS) is 16.6. The third-order valence-electron chi connectivity index (χ3n) is 3.20. The van der Waals surface area contributed by atoms with Gasteiger partial charge in [-0.15, -0.1) is 0 Å². The molecule has 0 heterocycles. The highest BCUT2D eigenvalue weighted by Crippen LogP contribution is 2.24. The monoisotopic (exact) mass is 242 g/mol. The summed E-state index contributed by atoms with van der Waals surface area (Å²) in [7, 11) is 0. The minimum absolute atomic E-state index is 0.0533. The van der Waals surface area contributed by atoms with Gasteiger partial charge in [0.25, 0.3) is 6.29 Å². The Morgan fingerprint density at radius 3 is 2.50 bits per heavy atom. The van der Waals surface area contributed by atoms with Crippen LogP contribution < -0.4 is 5.32 Å². The van der Waals surface area contributed by atoms with Gasteiger partial charge >= 0.3 is 0 Å². The summed E-state index contributed by atoms with van der Waals surface area (Å²) in [6, 6.07) is 9.41. The fourth-order valence-corrected chi connectivity index (χ4v) is 2.23. The zero-order chi connectivity index (χ0) is 12.8. The summed E-state index contributed by atoms with van der Waals surface area (Å²) in [6.07, 6.45) is 7.46. The first-order chi connectivity index (χ1) is 8.79. The van der Waals surface area contributed by atoms with Crippen molar-refractivity contribution in [3.63, 3.8) is 0 Å². The lowest BCUT2D eigenvalue weighted by Crippen LogP contribution is -2.29. The highest BCUT2D eigenvalue weighted by atomic mass is 16.2. The maximum atomic E-state index is 11.9. The first-order valence-corrected chi connectivity index (χ1v) is 6.25. The number of hydrogen-bond acceptors (Lipinski definition) is 2. The second-order valence-corrected chi connectivity index (χ2v) is 4.54. The Kier molecular flexibility index (Phi) is 4.29. The average molecular weight is 242 g/mol. The Bertz CT molecular complexity index is 445. The van der Waals surface area contributed by atoms with E-state index in [1.807, 2.05) is 30.3 Å². The summed E-state index contributed by atoms with van der Waals surface area (Å²) in [5.41, 5.74) is 1.08. The lowest BCUT2D eigenvalue weighted by molar-refractivity contribution is -0.123. The first kappa shape index (κ1) is 12.6. The molecule has 1 saturated carbocycles. The second-order valence-electron chi connectivity index (χ2n) is 4.54. The van der Waals surface area contributed by atoms with Crippen molar-refractivity contribution in [2.45, 2.75) is 25.7 Å². The fourth-order valence-electron chi connectivity index (χ4n) is 2.23. The van der Waals surface area contributed by atoms with Crippen LogP contribution in [-0.2, 0) is 9.59 Å². The van der Waals surface area contributed by atoms with Crippen LogP contribution in [0.3, 0.4) is 0 Å². The first-order valence-electron chi connectivity index (χ1n) is 6.25. The molecule has 1 aliphatic rings. The summed E-state index contributed by atoms with van der Waals surface area (Å²) < 4.78 is 0. The molecule has 0 atom stereocenters. The van der Waals surface area contributed by atoms with E-state index < -0.39 is 0 Å². The fraction of sp³-hybridized carbons (Fsp3) is 0.333. The Balaban J connectivity index is 2.03. The van der Waals surface area contributed by atoms with Gasteiger partial charge in [-0.3, -0.25) is 9.59 Å². The molecule has 0 aromatic heterocycles. The average Bonchev–Trinajstić information content (AvgIpc) is 2.93. The highest BCUT2D eigenvalue weighted by molar-refractivity contribution is 5.91. The molecule has 0 spiro atoms. The van der Waals surface area contributed by atoms with Gasteiger partial charge in [0, 0.05) is 5.92 Å². The minimum atomic E-state index is -0.0574. The molecule has 1 radical (unpaired) electrons. The third-order valence-corrected chi connectivity index (χ3v) is 3.20. The summed E-state index contributed by atoms with van der Waals surface area (Å²) >= 11 is 0. The van der Waals surface area contributed by atoms with Crippen molar-refractivity contribution in [1.82, 2.24) is 5.32 Å². The van der Waals surface area contributed by atoms with E-state index in [0.29, 0.717) is 0 Å². The van der Waals surface area contributed by atoms with E-state index >= 15 is 0 Å². The van der Waals surface area contributed by atoms with E-state index in [2.05, 4.69) is 5.32 Å². The van der Waals surface area contributed by atoms with Gasteiger partial charge in [-0.25, -0.2) is 0 Å². The number of nitrogens with one attached hydrogen (secondary N) is 1. The number of benzene rings is 1. The molecule has 18 heavy (non-hydrogen) atoms. The smallest absolute Gasteiger partial charge is 0.251 e. The molecule has 2 rings (SSSR count). The molecule has 1 aromatic rings. The van der Waals surface area contributed by atoms with Crippen molar-refractivity contribution in [1.29, 1.82) is 0 Å². The van der Waals surface area contributed by atoms with Crippen molar-refractivity contribution in [3.8, 4) is 0 Å². The summed E-state index contributed by atoms with van der Waals surface area (Å²) in [5.74, 6) is -0.00412. The maximum absolute atomic E-state index is 11.9. The van der Waals surface area contributed by atoms with Gasteiger partial charge in [0.2, 0.25) is 5.91 Å². The highest BCUT2D eigenvalue weighted by Gasteiger charge is 2.23. The Labute approximate surface area is 107 Å². The number of allylic oxidation sites excluding steroid dienone is 1. The number of rotatable bonds is 4. The van der Waals surface area contributed by atoms with Crippen molar-refractivity contribution >= 4 is 18.3 Å². The van der Waals surface area contributed by atoms with Crippen LogP contribution in [0.2, 0.25) is 0 Å². The van der Waals surface area contributed by atoms with Gasteiger partial charge in [0.15, 0.2) is 0 Å².